The SMILES string of the molecule is COc1ccc(-c2cc(C(C)(C)N)cc(C(O)(CCC(=O)c3ccc(OCCO)c(OC)c3)C(F)(F)F)n2)cn1. The van der Waals surface area contributed by atoms with E-state index < -0.39 is 41.6 Å². The number of hydrogen-bond donors (Lipinski definition) is 3. The van der Waals surface area contributed by atoms with Gasteiger partial charge in [-0.1, -0.05) is 0 Å². The first-order valence-electron chi connectivity index (χ1n) is 12.3. The van der Waals surface area contributed by atoms with Crippen molar-refractivity contribution in [3.8, 4) is 28.6 Å². The van der Waals surface area contributed by atoms with E-state index in [1.807, 2.05) is 0 Å². The van der Waals surface area contributed by atoms with Crippen LogP contribution in [0.25, 0.3) is 11.3 Å². The summed E-state index contributed by atoms with van der Waals surface area (Å²) in [5, 5.41) is 20.1. The number of carbonyl (C=O) groups excluding carboxylic acids is 1. The average molecular weight is 564 g/mol. The first-order chi connectivity index (χ1) is 18.7. The number of Topliss-reactive ketones (excluding diaryl/α,β-unsaturated/α-hetero) is 1. The van der Waals surface area contributed by atoms with Gasteiger partial charge in [-0.2, -0.15) is 13.2 Å². The molecule has 0 saturated heterocycles. The highest BCUT2D eigenvalue weighted by Gasteiger charge is 2.56. The van der Waals surface area contributed by atoms with Crippen LogP contribution in [0.5, 0.6) is 17.4 Å². The Morgan fingerprint density at radius 3 is 2.30 bits per heavy atom. The van der Waals surface area contributed by atoms with E-state index in [1.165, 1.54) is 50.7 Å². The molecule has 4 N–H and O–H groups in total. The molecule has 3 rings (SSSR count). The van der Waals surface area contributed by atoms with Crippen molar-refractivity contribution in [3.63, 3.8) is 0 Å². The number of alkyl halides is 3. The minimum Gasteiger partial charge on any atom is -0.493 e. The van der Waals surface area contributed by atoms with Crippen LogP contribution in [0.1, 0.15) is 48.3 Å². The summed E-state index contributed by atoms with van der Waals surface area (Å²) >= 11 is 0. The molecule has 0 aliphatic heterocycles. The second-order valence-corrected chi connectivity index (χ2v) is 9.66. The molecular weight excluding hydrogens is 531 g/mol. The predicted octanol–water partition coefficient (Wildman–Crippen LogP) is 4.14. The number of rotatable bonds is 12. The van der Waals surface area contributed by atoms with E-state index in [-0.39, 0.29) is 36.0 Å². The molecule has 12 heteroatoms. The maximum Gasteiger partial charge on any atom is 0.422 e. The number of pyridine rings is 2. The smallest absolute Gasteiger partial charge is 0.422 e. The molecule has 1 atom stereocenters. The van der Waals surface area contributed by atoms with Crippen molar-refractivity contribution in [2.24, 2.45) is 5.73 Å². The van der Waals surface area contributed by atoms with Gasteiger partial charge in [-0.3, -0.25) is 4.79 Å². The second-order valence-electron chi connectivity index (χ2n) is 9.66. The van der Waals surface area contributed by atoms with Gasteiger partial charge in [0.15, 0.2) is 17.3 Å². The van der Waals surface area contributed by atoms with E-state index in [0.29, 0.717) is 17.0 Å². The summed E-state index contributed by atoms with van der Waals surface area (Å²) < 4.78 is 59.0. The number of aromatic nitrogens is 2. The normalized spacial score (nSPS) is 13.4. The number of hydrogen-bond acceptors (Lipinski definition) is 9. The zero-order chi connectivity index (χ0) is 29.7. The van der Waals surface area contributed by atoms with Crippen LogP contribution in [-0.4, -0.2) is 59.6 Å². The van der Waals surface area contributed by atoms with Crippen molar-refractivity contribution < 1.29 is 42.4 Å². The molecule has 0 spiro atoms. The van der Waals surface area contributed by atoms with Gasteiger partial charge in [0.1, 0.15) is 6.61 Å². The first-order valence-corrected chi connectivity index (χ1v) is 12.3. The number of carbonyl (C=O) groups is 1. The predicted molar refractivity (Wildman–Crippen MR) is 140 cm³/mol. The third kappa shape index (κ3) is 6.87. The van der Waals surface area contributed by atoms with Crippen LogP contribution in [0, 0.1) is 0 Å². The number of halogens is 3. The summed E-state index contributed by atoms with van der Waals surface area (Å²) in [5.74, 6) is 0.0623. The first kappa shape index (κ1) is 30.8. The zero-order valence-corrected chi connectivity index (χ0v) is 22.6. The average Bonchev–Trinajstić information content (AvgIpc) is 2.93. The summed E-state index contributed by atoms with van der Waals surface area (Å²) in [7, 11) is 2.77. The lowest BCUT2D eigenvalue weighted by molar-refractivity contribution is -0.270. The van der Waals surface area contributed by atoms with Crippen molar-refractivity contribution >= 4 is 5.78 Å². The fourth-order valence-electron chi connectivity index (χ4n) is 3.88. The topological polar surface area (TPSA) is 137 Å². The van der Waals surface area contributed by atoms with Gasteiger partial charge < -0.3 is 30.2 Å². The van der Waals surface area contributed by atoms with E-state index in [4.69, 9.17) is 25.1 Å². The summed E-state index contributed by atoms with van der Waals surface area (Å²) in [6, 6.07) is 9.85. The van der Waals surface area contributed by atoms with Crippen molar-refractivity contribution in [1.29, 1.82) is 0 Å². The lowest BCUT2D eigenvalue weighted by atomic mass is 9.86. The number of methoxy groups -OCH3 is 2. The standard InChI is InChI=1S/C28H32F3N3O6/c1-26(2,32)19-14-20(18-6-8-25(39-4)33-16-18)34-24(15-19)27(37,28(29,30)31)10-9-21(36)17-5-7-22(40-12-11-35)23(13-17)38-3/h5-8,13-16,35,37H,9-12,32H2,1-4H3. The van der Waals surface area contributed by atoms with Crippen LogP contribution in [0.2, 0.25) is 0 Å². The van der Waals surface area contributed by atoms with E-state index in [1.54, 1.807) is 19.9 Å². The fraction of sp³-hybridized carbons (Fsp3) is 0.393. The van der Waals surface area contributed by atoms with Gasteiger partial charge in [-0.05, 0) is 62.2 Å². The highest BCUT2D eigenvalue weighted by Crippen LogP contribution is 2.43. The molecule has 0 saturated carbocycles. The molecule has 1 unspecified atom stereocenters. The van der Waals surface area contributed by atoms with E-state index >= 15 is 0 Å². The number of nitrogens with zero attached hydrogens (tertiary/aromatic N) is 2. The molecule has 216 valence electrons. The quantitative estimate of drug-likeness (QED) is 0.278. The van der Waals surface area contributed by atoms with Gasteiger partial charge in [0.05, 0.1) is 32.2 Å². The summed E-state index contributed by atoms with van der Waals surface area (Å²) in [4.78, 5) is 21.2. The molecule has 3 aromatic rings. The van der Waals surface area contributed by atoms with Crippen molar-refractivity contribution in [2.45, 2.75) is 44.0 Å². The molecule has 40 heavy (non-hydrogen) atoms. The van der Waals surface area contributed by atoms with Crippen LogP contribution >= 0.6 is 0 Å². The van der Waals surface area contributed by atoms with Gasteiger partial charge in [-0.15, -0.1) is 0 Å². The van der Waals surface area contributed by atoms with Crippen molar-refractivity contribution in [2.75, 3.05) is 27.4 Å². The van der Waals surface area contributed by atoms with E-state index in [9.17, 15) is 23.1 Å². The Hall–Kier alpha value is -3.74. The van der Waals surface area contributed by atoms with Gasteiger partial charge >= 0.3 is 6.18 Å². The van der Waals surface area contributed by atoms with Gasteiger partial charge in [0.25, 0.3) is 0 Å². The Morgan fingerprint density at radius 2 is 1.75 bits per heavy atom. The Morgan fingerprint density at radius 1 is 1.02 bits per heavy atom. The van der Waals surface area contributed by atoms with Crippen LogP contribution in [0.4, 0.5) is 13.2 Å². The van der Waals surface area contributed by atoms with Gasteiger partial charge in [0.2, 0.25) is 11.5 Å². The van der Waals surface area contributed by atoms with Gasteiger partial charge in [0, 0.05) is 35.3 Å². The van der Waals surface area contributed by atoms with Crippen LogP contribution in [0.15, 0.2) is 48.7 Å². The Bertz CT molecular complexity index is 1330. The molecular formula is C28H32F3N3O6. The molecule has 0 bridgehead atoms. The number of benzene rings is 1. The van der Waals surface area contributed by atoms with E-state index in [0.717, 1.165) is 6.07 Å². The van der Waals surface area contributed by atoms with Gasteiger partial charge in [-0.25, -0.2) is 9.97 Å². The molecule has 0 fully saturated rings. The van der Waals surface area contributed by atoms with Crippen molar-refractivity contribution in [3.05, 3.63) is 65.5 Å². The lowest BCUT2D eigenvalue weighted by Gasteiger charge is -2.32. The lowest BCUT2D eigenvalue weighted by Crippen LogP contribution is -2.44. The maximum absolute atomic E-state index is 14.5. The fourth-order valence-corrected chi connectivity index (χ4v) is 3.88. The second kappa shape index (κ2) is 12.2. The molecule has 0 aliphatic carbocycles. The number of ether oxygens (including phenoxy) is 3. The number of nitrogens with two attached hydrogens (primary N) is 1. The zero-order valence-electron chi connectivity index (χ0n) is 22.6. The Labute approximate surface area is 229 Å². The van der Waals surface area contributed by atoms with E-state index in [2.05, 4.69) is 9.97 Å². The molecule has 1 aromatic carbocycles. The maximum atomic E-state index is 14.5. The van der Waals surface area contributed by atoms with Crippen LogP contribution in [-0.2, 0) is 11.1 Å². The highest BCUT2D eigenvalue weighted by atomic mass is 19.4. The largest absolute Gasteiger partial charge is 0.493 e. The summed E-state index contributed by atoms with van der Waals surface area (Å²) in [5.41, 5.74) is 1.83. The Balaban J connectivity index is 2.00. The third-order valence-corrected chi connectivity index (χ3v) is 6.25. The van der Waals surface area contributed by atoms with Crippen LogP contribution in [0.3, 0.4) is 0 Å². The van der Waals surface area contributed by atoms with Crippen molar-refractivity contribution in [1.82, 2.24) is 9.97 Å². The number of aliphatic hydroxyl groups is 2. The molecule has 0 radical (unpaired) electrons. The molecule has 0 aliphatic rings. The minimum atomic E-state index is -5.17. The summed E-state index contributed by atoms with van der Waals surface area (Å²) in [6.07, 6.45) is -5.45. The molecule has 2 aromatic heterocycles. The summed E-state index contributed by atoms with van der Waals surface area (Å²) in [6.45, 7) is 2.97. The Kier molecular flexibility index (Phi) is 9.39. The number of aliphatic hydroxyl groups excluding tert-OH is 1. The minimum absolute atomic E-state index is 0.0114. The monoisotopic (exact) mass is 563 g/mol. The van der Waals surface area contributed by atoms with Crippen LogP contribution < -0.4 is 19.9 Å². The molecule has 0 amide bonds. The third-order valence-electron chi connectivity index (χ3n) is 6.25. The molecule has 2 heterocycles. The number of ketones is 1. The highest BCUT2D eigenvalue weighted by molar-refractivity contribution is 5.96. The molecule has 9 nitrogen and oxygen atoms in total.